The van der Waals surface area contributed by atoms with Crippen molar-refractivity contribution in [2.75, 3.05) is 26.2 Å². The molecular formula is C19H27ClF3N3O2. The summed E-state index contributed by atoms with van der Waals surface area (Å²) < 4.78 is 38.0. The summed E-state index contributed by atoms with van der Waals surface area (Å²) in [5.74, 6) is -1.44. The molecular weight excluding hydrogens is 395 g/mol. The zero-order valence-corrected chi connectivity index (χ0v) is 16.6. The lowest BCUT2D eigenvalue weighted by atomic mass is 9.95. The van der Waals surface area contributed by atoms with Crippen LogP contribution in [0.25, 0.3) is 0 Å². The number of nitrogens with two attached hydrogens (primary N) is 1. The molecule has 1 aliphatic heterocycles. The second-order valence-electron chi connectivity index (χ2n) is 6.89. The Bertz CT molecular complexity index is 643. The van der Waals surface area contributed by atoms with Gasteiger partial charge in [0.15, 0.2) is 0 Å². The first-order valence-corrected chi connectivity index (χ1v) is 9.15. The Morgan fingerprint density at radius 2 is 1.93 bits per heavy atom. The molecule has 0 aliphatic carbocycles. The highest BCUT2D eigenvalue weighted by atomic mass is 35.5. The predicted molar refractivity (Wildman–Crippen MR) is 103 cm³/mol. The van der Waals surface area contributed by atoms with Gasteiger partial charge >= 0.3 is 6.18 Å². The lowest BCUT2D eigenvalue weighted by molar-refractivity contribution is -0.164. The molecule has 9 heteroatoms. The van der Waals surface area contributed by atoms with Crippen LogP contribution >= 0.6 is 12.4 Å². The Labute approximate surface area is 169 Å². The van der Waals surface area contributed by atoms with Crippen LogP contribution in [0.5, 0.6) is 0 Å². The van der Waals surface area contributed by atoms with Gasteiger partial charge in [-0.1, -0.05) is 30.3 Å². The van der Waals surface area contributed by atoms with Crippen molar-refractivity contribution in [3.63, 3.8) is 0 Å². The number of hydrogen-bond donors (Lipinski definition) is 1. The van der Waals surface area contributed by atoms with Gasteiger partial charge in [0.25, 0.3) is 0 Å². The summed E-state index contributed by atoms with van der Waals surface area (Å²) in [6, 6.07) is 8.62. The maximum atomic E-state index is 12.7. The fraction of sp³-hybridized carbons (Fsp3) is 0.579. The number of nitrogens with zero attached hydrogens (tertiary/aromatic N) is 2. The smallest absolute Gasteiger partial charge is 0.341 e. The largest absolute Gasteiger partial charge is 0.406 e. The normalized spacial score (nSPS) is 18.2. The summed E-state index contributed by atoms with van der Waals surface area (Å²) in [7, 11) is 0. The third-order valence-corrected chi connectivity index (χ3v) is 4.76. The zero-order chi connectivity index (χ0) is 20.0. The highest BCUT2D eigenvalue weighted by Crippen LogP contribution is 2.23. The van der Waals surface area contributed by atoms with E-state index in [1.165, 1.54) is 11.8 Å². The molecule has 2 rings (SSSR count). The molecule has 1 fully saturated rings. The summed E-state index contributed by atoms with van der Waals surface area (Å²) in [6.07, 6.45) is -3.01. The van der Waals surface area contributed by atoms with Gasteiger partial charge in [-0.15, -0.1) is 12.4 Å². The summed E-state index contributed by atoms with van der Waals surface area (Å²) in [5.41, 5.74) is 6.97. The van der Waals surface area contributed by atoms with Crippen LogP contribution in [0.4, 0.5) is 13.2 Å². The van der Waals surface area contributed by atoms with Gasteiger partial charge in [-0.3, -0.25) is 9.59 Å². The quantitative estimate of drug-likeness (QED) is 0.767. The van der Waals surface area contributed by atoms with E-state index in [9.17, 15) is 22.8 Å². The number of piperidine rings is 1. The number of benzene rings is 1. The second-order valence-corrected chi connectivity index (χ2v) is 6.89. The van der Waals surface area contributed by atoms with Gasteiger partial charge in [-0.25, -0.2) is 0 Å². The zero-order valence-electron chi connectivity index (χ0n) is 15.8. The van der Waals surface area contributed by atoms with Gasteiger partial charge in [0.1, 0.15) is 6.54 Å². The van der Waals surface area contributed by atoms with E-state index in [-0.39, 0.29) is 31.4 Å². The van der Waals surface area contributed by atoms with Crippen molar-refractivity contribution in [2.24, 2.45) is 11.7 Å². The molecule has 2 atom stereocenters. The van der Waals surface area contributed by atoms with Crippen molar-refractivity contribution >= 4 is 24.2 Å². The number of likely N-dealkylation sites (tertiary alicyclic amines) is 1. The van der Waals surface area contributed by atoms with Gasteiger partial charge in [0.05, 0.1) is 12.0 Å². The highest BCUT2D eigenvalue weighted by molar-refractivity contribution is 5.85. The van der Waals surface area contributed by atoms with E-state index in [0.29, 0.717) is 25.8 Å². The minimum Gasteiger partial charge on any atom is -0.341 e. The van der Waals surface area contributed by atoms with E-state index < -0.39 is 30.6 Å². The molecule has 1 unspecified atom stereocenters. The fourth-order valence-electron chi connectivity index (χ4n) is 3.39. The molecule has 1 heterocycles. The molecule has 1 saturated heterocycles. The van der Waals surface area contributed by atoms with Crippen LogP contribution in [0.1, 0.15) is 25.3 Å². The van der Waals surface area contributed by atoms with Crippen molar-refractivity contribution in [2.45, 2.75) is 38.4 Å². The van der Waals surface area contributed by atoms with Crippen molar-refractivity contribution in [3.05, 3.63) is 35.9 Å². The van der Waals surface area contributed by atoms with Crippen molar-refractivity contribution in [1.82, 2.24) is 9.80 Å². The van der Waals surface area contributed by atoms with Gasteiger partial charge in [-0.05, 0) is 31.7 Å². The van der Waals surface area contributed by atoms with E-state index in [2.05, 4.69) is 0 Å². The third-order valence-electron chi connectivity index (χ3n) is 4.76. The number of halogens is 4. The monoisotopic (exact) mass is 421 g/mol. The molecule has 28 heavy (non-hydrogen) atoms. The van der Waals surface area contributed by atoms with E-state index in [0.717, 1.165) is 10.5 Å². The van der Waals surface area contributed by atoms with Gasteiger partial charge < -0.3 is 15.5 Å². The molecule has 0 radical (unpaired) electrons. The number of amides is 2. The standard InChI is InChI=1S/C19H26F3N3O2.ClH/c1-2-24(13-19(20,21)22)17(26)15-9-6-10-25(12-15)18(27)16(23)11-14-7-4-3-5-8-14;/h3-5,7-8,15-16H,2,6,9-13,23H2,1H3;1H/t15?,16-;/m0./s1. The van der Waals surface area contributed by atoms with Crippen LogP contribution in [0, 0.1) is 5.92 Å². The average molecular weight is 422 g/mol. The van der Waals surface area contributed by atoms with Gasteiger partial charge in [-0.2, -0.15) is 13.2 Å². The number of alkyl halides is 3. The number of carbonyl (C=O) groups is 2. The van der Waals surface area contributed by atoms with Crippen molar-refractivity contribution < 1.29 is 22.8 Å². The Balaban J connectivity index is 0.00000392. The molecule has 0 bridgehead atoms. The second kappa shape index (κ2) is 10.7. The molecule has 1 aromatic carbocycles. The summed E-state index contributed by atoms with van der Waals surface area (Å²) in [6.45, 7) is 0.826. The summed E-state index contributed by atoms with van der Waals surface area (Å²) in [4.78, 5) is 27.5. The highest BCUT2D eigenvalue weighted by Gasteiger charge is 2.37. The van der Waals surface area contributed by atoms with Crippen LogP contribution < -0.4 is 5.73 Å². The van der Waals surface area contributed by atoms with E-state index in [1.54, 1.807) is 0 Å². The number of carbonyl (C=O) groups excluding carboxylic acids is 2. The SMILES string of the molecule is CCN(CC(F)(F)F)C(=O)C1CCCN(C(=O)[C@@H](N)Cc2ccccc2)C1.Cl. The van der Waals surface area contributed by atoms with Crippen LogP contribution in [-0.2, 0) is 16.0 Å². The van der Waals surface area contributed by atoms with Gasteiger partial charge in [0.2, 0.25) is 11.8 Å². The van der Waals surface area contributed by atoms with Crippen LogP contribution in [0.3, 0.4) is 0 Å². The molecule has 1 aromatic rings. The molecule has 2 amide bonds. The molecule has 0 aromatic heterocycles. The van der Waals surface area contributed by atoms with E-state index >= 15 is 0 Å². The maximum Gasteiger partial charge on any atom is 0.406 e. The predicted octanol–water partition coefficient (Wildman–Crippen LogP) is 2.63. The molecule has 0 spiro atoms. The van der Waals surface area contributed by atoms with Crippen molar-refractivity contribution in [3.8, 4) is 0 Å². The van der Waals surface area contributed by atoms with Crippen LogP contribution in [0.15, 0.2) is 30.3 Å². The number of hydrogen-bond acceptors (Lipinski definition) is 3. The fourth-order valence-corrected chi connectivity index (χ4v) is 3.39. The molecule has 0 saturated carbocycles. The first-order valence-electron chi connectivity index (χ1n) is 9.15. The van der Waals surface area contributed by atoms with Gasteiger partial charge in [0, 0.05) is 19.6 Å². The van der Waals surface area contributed by atoms with Crippen molar-refractivity contribution in [1.29, 1.82) is 0 Å². The first kappa shape index (κ1) is 24.2. The Morgan fingerprint density at radius 3 is 2.50 bits per heavy atom. The first-order chi connectivity index (χ1) is 12.7. The molecule has 5 nitrogen and oxygen atoms in total. The summed E-state index contributed by atoms with van der Waals surface area (Å²) >= 11 is 0. The minimum absolute atomic E-state index is 0. The molecule has 1 aliphatic rings. The minimum atomic E-state index is -4.44. The van der Waals surface area contributed by atoms with Crippen LogP contribution in [-0.4, -0.2) is 60.0 Å². The van der Waals surface area contributed by atoms with Crippen LogP contribution in [0.2, 0.25) is 0 Å². The lowest BCUT2D eigenvalue weighted by Crippen LogP contribution is -2.52. The average Bonchev–Trinajstić information content (AvgIpc) is 2.65. The van der Waals surface area contributed by atoms with E-state index in [1.807, 2.05) is 30.3 Å². The lowest BCUT2D eigenvalue weighted by Gasteiger charge is -2.36. The van der Waals surface area contributed by atoms with E-state index in [4.69, 9.17) is 5.73 Å². The Hall–Kier alpha value is -1.80. The molecule has 2 N–H and O–H groups in total. The molecule has 158 valence electrons. The number of rotatable bonds is 6. The summed E-state index contributed by atoms with van der Waals surface area (Å²) in [5, 5.41) is 0. The topological polar surface area (TPSA) is 66.6 Å². The maximum absolute atomic E-state index is 12.7. The Kier molecular flexibility index (Phi) is 9.23. The Morgan fingerprint density at radius 1 is 1.29 bits per heavy atom. The third kappa shape index (κ3) is 6.98.